The van der Waals surface area contributed by atoms with Crippen LogP contribution in [0.25, 0.3) is 0 Å². The van der Waals surface area contributed by atoms with Crippen molar-refractivity contribution in [1.29, 1.82) is 0 Å². The Labute approximate surface area is 109 Å². The van der Waals surface area contributed by atoms with E-state index in [4.69, 9.17) is 5.11 Å². The summed E-state index contributed by atoms with van der Waals surface area (Å²) in [4.78, 5) is 10.4. The number of hydrogen-bond acceptors (Lipinski definition) is 4. The first-order valence-electron chi connectivity index (χ1n) is 5.51. The van der Waals surface area contributed by atoms with E-state index in [9.17, 15) is 22.7 Å². The molecular weight excluding hydrogens is 277 g/mol. The topological polar surface area (TPSA) is 94.9 Å². The third kappa shape index (κ3) is 2.46. The number of aliphatic carboxylic acids is 1. The van der Waals surface area contributed by atoms with Gasteiger partial charge in [0, 0.05) is 13.0 Å². The summed E-state index contributed by atoms with van der Waals surface area (Å²) in [6, 6.07) is 3.35. The predicted octanol–water partition coefficient (Wildman–Crippen LogP) is 0.0342. The van der Waals surface area contributed by atoms with Gasteiger partial charge in [0.1, 0.15) is 16.8 Å². The van der Waals surface area contributed by atoms with Crippen LogP contribution in [0.2, 0.25) is 0 Å². The Morgan fingerprint density at radius 3 is 2.58 bits per heavy atom. The van der Waals surface area contributed by atoms with Gasteiger partial charge in [0.05, 0.1) is 6.10 Å². The molecule has 2 atom stereocenters. The Balaban J connectivity index is 2.45. The summed E-state index contributed by atoms with van der Waals surface area (Å²) in [5, 5.41) is 18.4. The zero-order valence-electron chi connectivity index (χ0n) is 9.73. The second-order valence-corrected chi connectivity index (χ2v) is 6.11. The van der Waals surface area contributed by atoms with Crippen LogP contribution in [0.5, 0.6) is 0 Å². The monoisotopic (exact) mass is 289 g/mol. The first-order valence-corrected chi connectivity index (χ1v) is 6.95. The highest BCUT2D eigenvalue weighted by molar-refractivity contribution is 7.89. The molecule has 0 bridgehead atoms. The van der Waals surface area contributed by atoms with E-state index >= 15 is 0 Å². The van der Waals surface area contributed by atoms with E-state index in [1.807, 2.05) is 0 Å². The van der Waals surface area contributed by atoms with Gasteiger partial charge in [0.25, 0.3) is 0 Å². The number of aliphatic hydroxyl groups excluding tert-OH is 1. The van der Waals surface area contributed by atoms with Crippen molar-refractivity contribution in [2.45, 2.75) is 23.5 Å². The maximum Gasteiger partial charge on any atom is 0.322 e. The Bertz CT molecular complexity index is 603. The molecule has 2 N–H and O–H groups in total. The molecular formula is C11H12FNO5S. The number of benzene rings is 1. The molecule has 1 aromatic rings. The number of sulfonamides is 1. The zero-order valence-corrected chi connectivity index (χ0v) is 10.5. The van der Waals surface area contributed by atoms with Crippen LogP contribution < -0.4 is 0 Å². The molecule has 0 radical (unpaired) electrons. The van der Waals surface area contributed by atoms with Crippen molar-refractivity contribution in [2.75, 3.05) is 6.54 Å². The first kappa shape index (κ1) is 13.9. The zero-order chi connectivity index (χ0) is 14.2. The van der Waals surface area contributed by atoms with Crippen LogP contribution in [0.4, 0.5) is 4.39 Å². The number of carboxylic acid groups (broad SMARTS) is 1. The number of nitrogens with zero attached hydrogens (tertiary/aromatic N) is 1. The van der Waals surface area contributed by atoms with Crippen LogP contribution in [-0.4, -0.2) is 47.6 Å². The maximum atomic E-state index is 13.5. The standard InChI is InChI=1S/C11H12FNO5S/c12-8-3-1-2-4-10(8)19(17,18)13-6-7(14)5-9(13)11(15)16/h1-4,7,9,14H,5-6H2,(H,15,16). The quantitative estimate of drug-likeness (QED) is 0.819. The van der Waals surface area contributed by atoms with Gasteiger partial charge in [-0.05, 0) is 12.1 Å². The summed E-state index contributed by atoms with van der Waals surface area (Å²) in [5.74, 6) is -2.32. The summed E-state index contributed by atoms with van der Waals surface area (Å²) in [6.07, 6.45) is -1.27. The van der Waals surface area contributed by atoms with E-state index in [-0.39, 0.29) is 13.0 Å². The molecule has 1 saturated heterocycles. The number of carboxylic acids is 1. The second-order valence-electron chi connectivity index (χ2n) is 4.25. The van der Waals surface area contributed by atoms with Crippen LogP contribution in [0.15, 0.2) is 29.2 Å². The normalized spacial score (nSPS) is 24.5. The molecule has 1 aliphatic heterocycles. The smallest absolute Gasteiger partial charge is 0.322 e. The van der Waals surface area contributed by atoms with Crippen LogP contribution in [0.3, 0.4) is 0 Å². The molecule has 0 saturated carbocycles. The third-order valence-corrected chi connectivity index (χ3v) is 4.85. The summed E-state index contributed by atoms with van der Waals surface area (Å²) in [6.45, 7) is -0.354. The number of aliphatic hydroxyl groups is 1. The Morgan fingerprint density at radius 2 is 2.00 bits per heavy atom. The van der Waals surface area contributed by atoms with Crippen molar-refractivity contribution in [3.05, 3.63) is 30.1 Å². The molecule has 0 aliphatic carbocycles. The largest absolute Gasteiger partial charge is 0.480 e. The molecule has 2 unspecified atom stereocenters. The lowest BCUT2D eigenvalue weighted by Gasteiger charge is -2.20. The van der Waals surface area contributed by atoms with Gasteiger partial charge in [0.2, 0.25) is 10.0 Å². The number of halogens is 1. The van der Waals surface area contributed by atoms with Gasteiger partial charge < -0.3 is 10.2 Å². The van der Waals surface area contributed by atoms with E-state index in [1.165, 1.54) is 12.1 Å². The van der Waals surface area contributed by atoms with Gasteiger partial charge in [-0.1, -0.05) is 12.1 Å². The summed E-state index contributed by atoms with van der Waals surface area (Å²) in [5.41, 5.74) is 0. The van der Waals surface area contributed by atoms with Crippen LogP contribution in [-0.2, 0) is 14.8 Å². The Hall–Kier alpha value is -1.51. The summed E-state index contributed by atoms with van der Waals surface area (Å²) >= 11 is 0. The molecule has 0 aromatic heterocycles. The molecule has 1 heterocycles. The van der Waals surface area contributed by atoms with Crippen molar-refractivity contribution >= 4 is 16.0 Å². The lowest BCUT2D eigenvalue weighted by Crippen LogP contribution is -2.40. The fourth-order valence-electron chi connectivity index (χ4n) is 2.05. The van der Waals surface area contributed by atoms with Crippen molar-refractivity contribution in [2.24, 2.45) is 0 Å². The minimum Gasteiger partial charge on any atom is -0.480 e. The SMILES string of the molecule is O=C(O)C1CC(O)CN1S(=O)(=O)c1ccccc1F. The van der Waals surface area contributed by atoms with Crippen LogP contribution in [0.1, 0.15) is 6.42 Å². The van der Waals surface area contributed by atoms with Gasteiger partial charge in [-0.3, -0.25) is 4.79 Å². The van der Waals surface area contributed by atoms with E-state index in [1.54, 1.807) is 0 Å². The predicted molar refractivity (Wildman–Crippen MR) is 62.3 cm³/mol. The second kappa shape index (κ2) is 4.87. The molecule has 1 fully saturated rings. The highest BCUT2D eigenvalue weighted by atomic mass is 32.2. The van der Waals surface area contributed by atoms with E-state index < -0.39 is 38.9 Å². The molecule has 8 heteroatoms. The van der Waals surface area contributed by atoms with Gasteiger partial charge in [0.15, 0.2) is 0 Å². The van der Waals surface area contributed by atoms with Crippen LogP contribution >= 0.6 is 0 Å². The highest BCUT2D eigenvalue weighted by Crippen LogP contribution is 2.27. The molecule has 19 heavy (non-hydrogen) atoms. The maximum absolute atomic E-state index is 13.5. The fraction of sp³-hybridized carbons (Fsp3) is 0.364. The average Bonchev–Trinajstić information content (AvgIpc) is 2.72. The number of hydrogen-bond donors (Lipinski definition) is 2. The number of rotatable bonds is 3. The minimum absolute atomic E-state index is 0.205. The van der Waals surface area contributed by atoms with Gasteiger partial charge in [-0.2, -0.15) is 4.31 Å². The van der Waals surface area contributed by atoms with Crippen LogP contribution in [0, 0.1) is 5.82 Å². The number of β-amino-alcohol motifs (C(OH)–C–C–N with tert-alkyl or cyclic N) is 1. The van der Waals surface area contributed by atoms with Crippen molar-refractivity contribution in [3.63, 3.8) is 0 Å². The molecule has 2 rings (SSSR count). The highest BCUT2D eigenvalue weighted by Gasteiger charge is 2.44. The molecule has 0 amide bonds. The van der Waals surface area contributed by atoms with Gasteiger partial charge in [-0.15, -0.1) is 0 Å². The number of carbonyl (C=O) groups is 1. The minimum atomic E-state index is -4.28. The molecule has 104 valence electrons. The summed E-state index contributed by atoms with van der Waals surface area (Å²) < 4.78 is 38.6. The van der Waals surface area contributed by atoms with Crippen molar-refractivity contribution < 1.29 is 27.8 Å². The average molecular weight is 289 g/mol. The summed E-state index contributed by atoms with van der Waals surface area (Å²) in [7, 11) is -4.28. The Morgan fingerprint density at radius 1 is 1.37 bits per heavy atom. The van der Waals surface area contributed by atoms with E-state index in [2.05, 4.69) is 0 Å². The first-order chi connectivity index (χ1) is 8.84. The van der Waals surface area contributed by atoms with Gasteiger partial charge in [-0.25, -0.2) is 12.8 Å². The van der Waals surface area contributed by atoms with Crippen molar-refractivity contribution in [3.8, 4) is 0 Å². The van der Waals surface area contributed by atoms with E-state index in [0.29, 0.717) is 4.31 Å². The Kier molecular flexibility index (Phi) is 3.57. The lowest BCUT2D eigenvalue weighted by molar-refractivity contribution is -0.140. The van der Waals surface area contributed by atoms with E-state index in [0.717, 1.165) is 12.1 Å². The fourth-order valence-corrected chi connectivity index (χ4v) is 3.75. The molecule has 0 spiro atoms. The third-order valence-electron chi connectivity index (χ3n) is 2.94. The van der Waals surface area contributed by atoms with Crippen molar-refractivity contribution in [1.82, 2.24) is 4.31 Å². The molecule has 1 aliphatic rings. The molecule has 1 aromatic carbocycles. The lowest BCUT2D eigenvalue weighted by atomic mass is 10.2. The molecule has 6 nitrogen and oxygen atoms in total. The van der Waals surface area contributed by atoms with Gasteiger partial charge >= 0.3 is 5.97 Å².